The van der Waals surface area contributed by atoms with E-state index in [-0.39, 0.29) is 16.9 Å². The van der Waals surface area contributed by atoms with Gasteiger partial charge in [0.05, 0.1) is 22.7 Å². The molecule has 3 aromatic carbocycles. The van der Waals surface area contributed by atoms with Gasteiger partial charge in [0.1, 0.15) is 5.75 Å². The Morgan fingerprint density at radius 3 is 2.69 bits per heavy atom. The summed E-state index contributed by atoms with van der Waals surface area (Å²) in [6.07, 6.45) is 0. The fourth-order valence-corrected chi connectivity index (χ4v) is 3.94. The highest BCUT2D eigenvalue weighted by Gasteiger charge is 2.23. The first-order valence-electron chi connectivity index (χ1n) is 7.84. The quantitative estimate of drug-likeness (QED) is 0.658. The van der Waals surface area contributed by atoms with Gasteiger partial charge in [-0.2, -0.15) is 0 Å². The number of carbonyl (C=O) groups is 2. The second-order valence-corrected chi connectivity index (χ2v) is 6.80. The average Bonchev–Trinajstić information content (AvgIpc) is 3.04. The predicted octanol–water partition coefficient (Wildman–Crippen LogP) is 3.46. The second-order valence-electron chi connectivity index (χ2n) is 5.81. The number of thioether (sulfide) groups is 1. The SMILES string of the molecule is O=C(O)c1ccc2c(C(=O)NN3CSc4ccccc43)c(O)ccc2c1. The molecule has 0 aromatic heterocycles. The number of amides is 1. The molecule has 3 N–H and O–H groups in total. The third kappa shape index (κ3) is 2.72. The first-order chi connectivity index (χ1) is 12.5. The van der Waals surface area contributed by atoms with E-state index in [1.54, 1.807) is 28.9 Å². The van der Waals surface area contributed by atoms with E-state index >= 15 is 0 Å². The third-order valence-electron chi connectivity index (χ3n) is 4.21. The number of anilines is 1. The molecule has 0 aliphatic carbocycles. The Kier molecular flexibility index (Phi) is 3.93. The number of fused-ring (bicyclic) bond motifs is 2. The van der Waals surface area contributed by atoms with Gasteiger partial charge in [0.2, 0.25) is 0 Å². The Morgan fingerprint density at radius 2 is 1.88 bits per heavy atom. The zero-order chi connectivity index (χ0) is 18.3. The van der Waals surface area contributed by atoms with Crippen LogP contribution in [-0.2, 0) is 0 Å². The number of para-hydroxylation sites is 1. The van der Waals surface area contributed by atoms with Crippen molar-refractivity contribution in [2.45, 2.75) is 4.90 Å². The van der Waals surface area contributed by atoms with Crippen molar-refractivity contribution < 1.29 is 19.8 Å². The van der Waals surface area contributed by atoms with Gasteiger partial charge in [-0.1, -0.05) is 24.3 Å². The van der Waals surface area contributed by atoms with Crippen molar-refractivity contribution in [2.75, 3.05) is 10.9 Å². The van der Waals surface area contributed by atoms with Crippen LogP contribution in [0.1, 0.15) is 20.7 Å². The van der Waals surface area contributed by atoms with Crippen LogP contribution < -0.4 is 10.4 Å². The molecule has 6 nitrogen and oxygen atoms in total. The molecule has 0 unspecified atom stereocenters. The van der Waals surface area contributed by atoms with Crippen LogP contribution in [0.3, 0.4) is 0 Å². The maximum atomic E-state index is 12.8. The number of hydrogen-bond acceptors (Lipinski definition) is 5. The minimum Gasteiger partial charge on any atom is -0.507 e. The molecule has 1 aliphatic rings. The van der Waals surface area contributed by atoms with Crippen LogP contribution in [0.4, 0.5) is 5.69 Å². The maximum absolute atomic E-state index is 12.8. The molecule has 3 aromatic rings. The summed E-state index contributed by atoms with van der Waals surface area (Å²) in [6.45, 7) is 0. The monoisotopic (exact) mass is 366 g/mol. The van der Waals surface area contributed by atoms with Crippen LogP contribution in [0.25, 0.3) is 10.8 Å². The molecule has 4 rings (SSSR count). The molecular weight excluding hydrogens is 352 g/mol. The van der Waals surface area contributed by atoms with Gasteiger partial charge in [-0.05, 0) is 41.1 Å². The second kappa shape index (κ2) is 6.27. The lowest BCUT2D eigenvalue weighted by molar-refractivity contribution is 0.0696. The molecule has 0 saturated heterocycles. The van der Waals surface area contributed by atoms with Crippen LogP contribution in [-0.4, -0.2) is 28.0 Å². The van der Waals surface area contributed by atoms with Crippen LogP contribution >= 0.6 is 11.8 Å². The van der Waals surface area contributed by atoms with Gasteiger partial charge in [0.25, 0.3) is 5.91 Å². The van der Waals surface area contributed by atoms with E-state index in [0.29, 0.717) is 16.6 Å². The summed E-state index contributed by atoms with van der Waals surface area (Å²) in [5, 5.41) is 22.1. The van der Waals surface area contributed by atoms with Crippen LogP contribution in [0, 0.1) is 0 Å². The Labute approximate surface area is 153 Å². The number of aromatic hydroxyl groups is 1. The van der Waals surface area contributed by atoms with Gasteiger partial charge < -0.3 is 10.2 Å². The molecule has 0 bridgehead atoms. The lowest BCUT2D eigenvalue weighted by Crippen LogP contribution is -2.40. The lowest BCUT2D eigenvalue weighted by Gasteiger charge is -2.20. The summed E-state index contributed by atoms with van der Waals surface area (Å²) >= 11 is 1.61. The number of carbonyl (C=O) groups excluding carboxylic acids is 1. The van der Waals surface area contributed by atoms with E-state index in [1.165, 1.54) is 18.2 Å². The smallest absolute Gasteiger partial charge is 0.335 e. The minimum atomic E-state index is -1.04. The van der Waals surface area contributed by atoms with Crippen LogP contribution in [0.2, 0.25) is 0 Å². The lowest BCUT2D eigenvalue weighted by atomic mass is 10.0. The number of phenols is 1. The standard InChI is InChI=1S/C19H14N2O4S/c22-15-8-6-11-9-12(19(24)25)5-7-13(11)17(15)18(23)20-21-10-26-16-4-2-1-3-14(16)21/h1-9,22H,10H2,(H,20,23)(H,24,25). The molecule has 0 spiro atoms. The van der Waals surface area contributed by atoms with Gasteiger partial charge in [0.15, 0.2) is 0 Å². The fraction of sp³-hybridized carbons (Fsp3) is 0.0526. The minimum absolute atomic E-state index is 0.119. The molecule has 0 saturated carbocycles. The molecule has 0 fully saturated rings. The highest BCUT2D eigenvalue weighted by atomic mass is 32.2. The molecule has 1 heterocycles. The van der Waals surface area contributed by atoms with Gasteiger partial charge in [0, 0.05) is 4.90 Å². The van der Waals surface area contributed by atoms with Crippen molar-refractivity contribution in [3.63, 3.8) is 0 Å². The number of carboxylic acids is 1. The summed E-state index contributed by atoms with van der Waals surface area (Å²) in [7, 11) is 0. The first-order valence-corrected chi connectivity index (χ1v) is 8.82. The van der Waals surface area contributed by atoms with Crippen LogP contribution in [0.15, 0.2) is 59.5 Å². The topological polar surface area (TPSA) is 89.9 Å². The number of hydrazine groups is 1. The van der Waals surface area contributed by atoms with Crippen molar-refractivity contribution in [1.82, 2.24) is 5.43 Å². The zero-order valence-electron chi connectivity index (χ0n) is 13.5. The molecular formula is C19H14N2O4S. The number of nitrogens with one attached hydrogen (secondary N) is 1. The Bertz CT molecular complexity index is 1050. The molecule has 130 valence electrons. The predicted molar refractivity (Wildman–Crippen MR) is 99.7 cm³/mol. The first kappa shape index (κ1) is 16.3. The Balaban J connectivity index is 1.71. The summed E-state index contributed by atoms with van der Waals surface area (Å²) in [5.74, 6) is -1.08. The van der Waals surface area contributed by atoms with Gasteiger partial charge >= 0.3 is 5.97 Å². The van der Waals surface area contributed by atoms with Gasteiger partial charge in [-0.25, -0.2) is 4.79 Å². The molecule has 1 amide bonds. The highest BCUT2D eigenvalue weighted by molar-refractivity contribution is 7.99. The van der Waals surface area contributed by atoms with E-state index in [4.69, 9.17) is 5.11 Å². The van der Waals surface area contributed by atoms with Crippen molar-refractivity contribution in [3.05, 3.63) is 65.7 Å². The summed E-state index contributed by atoms with van der Waals surface area (Å²) < 4.78 is 0. The average molecular weight is 366 g/mol. The number of hydrogen-bond donors (Lipinski definition) is 3. The molecule has 0 radical (unpaired) electrons. The fourth-order valence-electron chi connectivity index (χ4n) is 2.97. The number of rotatable bonds is 3. The van der Waals surface area contributed by atoms with Crippen molar-refractivity contribution in [1.29, 1.82) is 0 Å². The molecule has 7 heteroatoms. The summed E-state index contributed by atoms with van der Waals surface area (Å²) in [6, 6.07) is 15.2. The van der Waals surface area contributed by atoms with Crippen molar-refractivity contribution in [2.24, 2.45) is 0 Å². The number of phenolic OH excluding ortho intramolecular Hbond substituents is 1. The highest BCUT2D eigenvalue weighted by Crippen LogP contribution is 2.37. The Morgan fingerprint density at radius 1 is 1.08 bits per heavy atom. The van der Waals surface area contributed by atoms with Crippen molar-refractivity contribution >= 4 is 40.1 Å². The summed E-state index contributed by atoms with van der Waals surface area (Å²) in [4.78, 5) is 25.0. The normalized spacial score (nSPS) is 12.8. The third-order valence-corrected chi connectivity index (χ3v) is 5.26. The molecule has 26 heavy (non-hydrogen) atoms. The van der Waals surface area contributed by atoms with Crippen LogP contribution in [0.5, 0.6) is 5.75 Å². The number of carboxylic acid groups (broad SMARTS) is 1. The van der Waals surface area contributed by atoms with Gasteiger partial charge in [-0.3, -0.25) is 15.2 Å². The van der Waals surface area contributed by atoms with E-state index in [1.807, 2.05) is 24.3 Å². The van der Waals surface area contributed by atoms with E-state index in [9.17, 15) is 14.7 Å². The van der Waals surface area contributed by atoms with Gasteiger partial charge in [-0.15, -0.1) is 11.8 Å². The van der Waals surface area contributed by atoms with E-state index < -0.39 is 11.9 Å². The molecule has 1 aliphatic heterocycles. The number of aromatic carboxylic acids is 1. The summed E-state index contributed by atoms with van der Waals surface area (Å²) in [5.41, 5.74) is 3.96. The number of benzene rings is 3. The van der Waals surface area contributed by atoms with E-state index in [0.717, 1.165) is 10.6 Å². The number of nitrogens with zero attached hydrogens (tertiary/aromatic N) is 1. The largest absolute Gasteiger partial charge is 0.507 e. The Hall–Kier alpha value is -3.19. The zero-order valence-corrected chi connectivity index (χ0v) is 14.3. The molecule has 0 atom stereocenters. The van der Waals surface area contributed by atoms with E-state index in [2.05, 4.69) is 5.43 Å². The maximum Gasteiger partial charge on any atom is 0.335 e. The van der Waals surface area contributed by atoms with Crippen molar-refractivity contribution in [3.8, 4) is 5.75 Å².